The van der Waals surface area contributed by atoms with Crippen molar-refractivity contribution in [2.75, 3.05) is 6.61 Å². The summed E-state index contributed by atoms with van der Waals surface area (Å²) in [5.41, 5.74) is 2.36. The molecule has 234 valence electrons. The molecule has 6 heteroatoms. The lowest BCUT2D eigenvalue weighted by atomic mass is 9.42. The number of rotatable bonds is 2. The van der Waals surface area contributed by atoms with Gasteiger partial charge in [-0.25, -0.2) is 0 Å². The third kappa shape index (κ3) is 4.47. The molecule has 41 heavy (non-hydrogen) atoms. The number of aliphatic hydroxyl groups excluding tert-OH is 4. The first-order valence-corrected chi connectivity index (χ1v) is 16.7. The molecule has 0 spiro atoms. The Labute approximate surface area is 248 Å². The van der Waals surface area contributed by atoms with Crippen LogP contribution < -0.4 is 0 Å². The van der Waals surface area contributed by atoms with Gasteiger partial charge >= 0.3 is 0 Å². The first kappa shape index (κ1) is 30.5. The van der Waals surface area contributed by atoms with Crippen LogP contribution in [0, 0.1) is 50.7 Å². The summed E-state index contributed by atoms with van der Waals surface area (Å²) in [6.45, 7) is 17.0. The monoisotopic (exact) mass is 574 g/mol. The second kappa shape index (κ2) is 10.0. The second-order valence-corrected chi connectivity index (χ2v) is 17.3. The maximum Gasteiger partial charge on any atom is 0.186 e. The Morgan fingerprint density at radius 2 is 1.44 bits per heavy atom. The molecule has 4 saturated carbocycles. The highest BCUT2D eigenvalue weighted by atomic mass is 16.7. The van der Waals surface area contributed by atoms with Crippen molar-refractivity contribution >= 4 is 0 Å². The van der Waals surface area contributed by atoms with E-state index >= 15 is 0 Å². The van der Waals surface area contributed by atoms with Crippen molar-refractivity contribution in [3.8, 4) is 0 Å². The summed E-state index contributed by atoms with van der Waals surface area (Å²) in [6, 6.07) is 0. The number of aliphatic hydroxyl groups is 4. The van der Waals surface area contributed by atoms with Crippen LogP contribution in [0.5, 0.6) is 0 Å². The van der Waals surface area contributed by atoms with Gasteiger partial charge in [0.25, 0.3) is 0 Å². The molecule has 4 N–H and O–H groups in total. The standard InChI is InChI=1S/C35H58O6/c1-31(2)23-10-8-20-18-33(5)15-12-24-32(3,4)27(41-30-29(39)28(38)22(36)19-40-30)14-17-35(24,7)25(33)11-9-21(20)34(23,6)16-13-26(31)37/h8,21-30,36-39H,9-19H2,1-7H3/t21-,22-,23-,24-,25-,26+,27-,28-,29+,30-,33-,34+,35-/m0/s1. The first-order valence-electron chi connectivity index (χ1n) is 16.7. The molecule has 6 rings (SSSR count). The molecule has 0 bridgehead atoms. The van der Waals surface area contributed by atoms with Gasteiger partial charge in [-0.1, -0.05) is 60.1 Å². The minimum Gasteiger partial charge on any atom is -0.393 e. The number of allylic oxidation sites excluding steroid dienone is 2. The van der Waals surface area contributed by atoms with Gasteiger partial charge in [-0.2, -0.15) is 0 Å². The van der Waals surface area contributed by atoms with E-state index in [9.17, 15) is 20.4 Å². The lowest BCUT2D eigenvalue weighted by Crippen LogP contribution is -2.61. The van der Waals surface area contributed by atoms with E-state index < -0.39 is 24.6 Å². The predicted octanol–water partition coefficient (Wildman–Crippen LogP) is 5.60. The van der Waals surface area contributed by atoms with Crippen molar-refractivity contribution in [1.29, 1.82) is 0 Å². The molecule has 1 aliphatic heterocycles. The van der Waals surface area contributed by atoms with E-state index in [-0.39, 0.29) is 40.5 Å². The van der Waals surface area contributed by atoms with Gasteiger partial charge in [0.15, 0.2) is 6.29 Å². The lowest BCUT2D eigenvalue weighted by molar-refractivity contribution is -0.306. The summed E-state index contributed by atoms with van der Waals surface area (Å²) < 4.78 is 12.1. The quantitative estimate of drug-likeness (QED) is 0.253. The fourth-order valence-electron chi connectivity index (χ4n) is 12.2. The van der Waals surface area contributed by atoms with Crippen molar-refractivity contribution in [3.05, 3.63) is 11.6 Å². The molecule has 6 nitrogen and oxygen atoms in total. The van der Waals surface area contributed by atoms with E-state index in [1.807, 2.05) is 0 Å². The third-order valence-electron chi connectivity index (χ3n) is 14.6. The summed E-state index contributed by atoms with van der Waals surface area (Å²) in [5, 5.41) is 41.7. The molecular weight excluding hydrogens is 516 g/mol. The topological polar surface area (TPSA) is 99.4 Å². The van der Waals surface area contributed by atoms with E-state index in [1.165, 1.54) is 32.1 Å². The van der Waals surface area contributed by atoms with Crippen LogP contribution in [-0.2, 0) is 9.47 Å². The lowest BCUT2D eigenvalue weighted by Gasteiger charge is -2.64. The van der Waals surface area contributed by atoms with Crippen LogP contribution in [0.2, 0.25) is 0 Å². The maximum absolute atomic E-state index is 11.0. The number of hydrogen-bond acceptors (Lipinski definition) is 6. The van der Waals surface area contributed by atoms with Crippen molar-refractivity contribution in [2.24, 2.45) is 50.7 Å². The Morgan fingerprint density at radius 3 is 2.17 bits per heavy atom. The molecule has 0 aromatic carbocycles. The zero-order chi connectivity index (χ0) is 29.8. The molecule has 0 aromatic rings. The molecule has 5 fully saturated rings. The van der Waals surface area contributed by atoms with E-state index in [2.05, 4.69) is 54.5 Å². The number of fused-ring (bicyclic) bond motifs is 6. The van der Waals surface area contributed by atoms with Crippen LogP contribution in [0.1, 0.15) is 113 Å². The van der Waals surface area contributed by atoms with Gasteiger partial charge in [0, 0.05) is 0 Å². The van der Waals surface area contributed by atoms with Crippen LogP contribution in [-0.4, -0.2) is 63.8 Å². The fourth-order valence-corrected chi connectivity index (χ4v) is 12.2. The van der Waals surface area contributed by atoms with Crippen LogP contribution in [0.4, 0.5) is 0 Å². The average Bonchev–Trinajstić information content (AvgIpc) is 3.05. The Kier molecular flexibility index (Phi) is 7.45. The van der Waals surface area contributed by atoms with E-state index in [1.54, 1.807) is 5.57 Å². The Hall–Kier alpha value is -0.500. The van der Waals surface area contributed by atoms with Crippen LogP contribution in [0.15, 0.2) is 11.6 Å². The average molecular weight is 575 g/mol. The van der Waals surface area contributed by atoms with Crippen molar-refractivity contribution in [3.63, 3.8) is 0 Å². The van der Waals surface area contributed by atoms with Gasteiger partial charge in [-0.05, 0) is 115 Å². The van der Waals surface area contributed by atoms with Gasteiger partial charge in [-0.3, -0.25) is 0 Å². The largest absolute Gasteiger partial charge is 0.393 e. The molecule has 1 heterocycles. The zero-order valence-corrected chi connectivity index (χ0v) is 26.7. The smallest absolute Gasteiger partial charge is 0.186 e. The van der Waals surface area contributed by atoms with E-state index in [0.29, 0.717) is 29.1 Å². The fraction of sp³-hybridized carbons (Fsp3) is 0.943. The predicted molar refractivity (Wildman–Crippen MR) is 159 cm³/mol. The Balaban J connectivity index is 1.24. The highest BCUT2D eigenvalue weighted by Gasteiger charge is 2.63. The van der Waals surface area contributed by atoms with Gasteiger partial charge in [-0.15, -0.1) is 0 Å². The molecule has 5 aliphatic carbocycles. The van der Waals surface area contributed by atoms with Crippen LogP contribution >= 0.6 is 0 Å². The number of ether oxygens (including phenoxy) is 2. The van der Waals surface area contributed by atoms with E-state index in [4.69, 9.17) is 9.47 Å². The van der Waals surface area contributed by atoms with Crippen LogP contribution in [0.25, 0.3) is 0 Å². The van der Waals surface area contributed by atoms with Gasteiger partial charge in [0.05, 0.1) is 18.8 Å². The molecule has 0 unspecified atom stereocenters. The maximum atomic E-state index is 11.0. The minimum absolute atomic E-state index is 0.0233. The normalized spacial score (nSPS) is 54.5. The van der Waals surface area contributed by atoms with Gasteiger partial charge in [0.2, 0.25) is 0 Å². The van der Waals surface area contributed by atoms with Gasteiger partial charge < -0.3 is 29.9 Å². The highest BCUT2D eigenvalue weighted by molar-refractivity contribution is 5.25. The zero-order valence-electron chi connectivity index (χ0n) is 26.7. The molecule has 0 amide bonds. The van der Waals surface area contributed by atoms with E-state index in [0.717, 1.165) is 32.1 Å². The van der Waals surface area contributed by atoms with Crippen molar-refractivity contribution in [2.45, 2.75) is 149 Å². The summed E-state index contributed by atoms with van der Waals surface area (Å²) in [4.78, 5) is 0. The third-order valence-corrected chi connectivity index (χ3v) is 14.6. The second-order valence-electron chi connectivity index (χ2n) is 17.3. The van der Waals surface area contributed by atoms with Crippen molar-refractivity contribution in [1.82, 2.24) is 0 Å². The minimum atomic E-state index is -1.25. The molecule has 1 saturated heterocycles. The molecule has 13 atom stereocenters. The summed E-state index contributed by atoms with van der Waals surface area (Å²) in [5.74, 6) is 2.31. The molecule has 0 radical (unpaired) electrons. The highest BCUT2D eigenvalue weighted by Crippen LogP contribution is 2.70. The molecule has 6 aliphatic rings. The summed E-state index contributed by atoms with van der Waals surface area (Å²) in [6.07, 6.45) is 9.22. The molecular formula is C35H58O6. The van der Waals surface area contributed by atoms with Gasteiger partial charge in [0.1, 0.15) is 18.3 Å². The van der Waals surface area contributed by atoms with Crippen LogP contribution in [0.3, 0.4) is 0 Å². The SMILES string of the molecule is CC1(C)[C@@H](O[C@@H]2OC[C@H](O)[C@H](O)[C@H]2O)CC[C@@]2(C)[C@H]1CC[C@@]1(C)CC3=CC[C@H]4C(C)(C)[C@H](O)CC[C@]4(C)[C@H]3CC[C@@H]12. The molecule has 0 aromatic heterocycles. The Morgan fingerprint density at radius 1 is 0.732 bits per heavy atom. The summed E-state index contributed by atoms with van der Waals surface area (Å²) >= 11 is 0. The number of hydrogen-bond donors (Lipinski definition) is 4. The van der Waals surface area contributed by atoms with Crippen molar-refractivity contribution < 1.29 is 29.9 Å². The first-order chi connectivity index (χ1) is 19.1. The Bertz CT molecular complexity index is 1040. The summed E-state index contributed by atoms with van der Waals surface area (Å²) in [7, 11) is 0.